The number of hydrogen-bond donors (Lipinski definition) is 0. The summed E-state index contributed by atoms with van der Waals surface area (Å²) in [6.45, 7) is -1.09. The topological polar surface area (TPSA) is 29.0 Å². The summed E-state index contributed by atoms with van der Waals surface area (Å²) in [5, 5.41) is 8.70. The van der Waals surface area contributed by atoms with Gasteiger partial charge in [-0.3, -0.25) is 0 Å². The first-order valence-corrected chi connectivity index (χ1v) is 5.45. The monoisotopic (exact) mass is 275 g/mol. The molecule has 0 aliphatic rings. The predicted molar refractivity (Wildman–Crippen MR) is 63.9 cm³/mol. The maximum atomic E-state index is 12.4. The average Bonchev–Trinajstić information content (AvgIpc) is 2.27. The summed E-state index contributed by atoms with van der Waals surface area (Å²) < 4.78 is 37.1. The van der Waals surface area contributed by atoms with Gasteiger partial charge in [-0.2, -0.15) is 13.2 Å². The van der Waals surface area contributed by atoms with Crippen molar-refractivity contribution in [3.8, 4) is 0 Å². The summed E-state index contributed by atoms with van der Waals surface area (Å²) in [7, 11) is 1.32. The highest BCUT2D eigenvalue weighted by Gasteiger charge is 2.30. The molecule has 0 aliphatic heterocycles. The van der Waals surface area contributed by atoms with Crippen LogP contribution in [0.25, 0.3) is 10.8 Å². The van der Waals surface area contributed by atoms with Gasteiger partial charge in [0, 0.05) is 17.8 Å². The van der Waals surface area contributed by atoms with Crippen LogP contribution in [0.2, 0.25) is 5.15 Å². The van der Waals surface area contributed by atoms with Crippen LogP contribution in [0.15, 0.2) is 24.3 Å². The second-order valence-corrected chi connectivity index (χ2v) is 4.19. The van der Waals surface area contributed by atoms with Gasteiger partial charge in [0.1, 0.15) is 6.54 Å². The third-order valence-corrected chi connectivity index (χ3v) is 2.68. The Morgan fingerprint density at radius 1 is 1.17 bits per heavy atom. The average molecular weight is 276 g/mol. The van der Waals surface area contributed by atoms with E-state index in [4.69, 9.17) is 11.6 Å². The second kappa shape index (κ2) is 4.61. The molecule has 0 N–H and O–H groups in total. The van der Waals surface area contributed by atoms with Gasteiger partial charge in [0.2, 0.25) is 0 Å². The van der Waals surface area contributed by atoms with Gasteiger partial charge in [0.25, 0.3) is 0 Å². The molecule has 3 nitrogen and oxygen atoms in total. The first-order chi connectivity index (χ1) is 8.38. The number of hydrogen-bond acceptors (Lipinski definition) is 3. The van der Waals surface area contributed by atoms with E-state index in [0.717, 1.165) is 4.90 Å². The summed E-state index contributed by atoms with van der Waals surface area (Å²) >= 11 is 5.85. The lowest BCUT2D eigenvalue weighted by atomic mass is 10.2. The van der Waals surface area contributed by atoms with Gasteiger partial charge >= 0.3 is 6.18 Å². The van der Waals surface area contributed by atoms with Crippen molar-refractivity contribution >= 4 is 28.2 Å². The summed E-state index contributed by atoms with van der Waals surface area (Å²) in [6, 6.07) is 6.81. The Labute approximate surface area is 106 Å². The fourth-order valence-electron chi connectivity index (χ4n) is 1.68. The number of aromatic nitrogens is 2. The molecule has 0 aliphatic carbocycles. The van der Waals surface area contributed by atoms with Crippen molar-refractivity contribution in [2.24, 2.45) is 0 Å². The molecule has 0 fully saturated rings. The van der Waals surface area contributed by atoms with E-state index in [1.54, 1.807) is 24.3 Å². The smallest absolute Gasteiger partial charge is 0.349 e. The van der Waals surface area contributed by atoms with Crippen molar-refractivity contribution in [2.75, 3.05) is 18.5 Å². The zero-order chi connectivity index (χ0) is 13.3. The first kappa shape index (κ1) is 12.9. The van der Waals surface area contributed by atoms with Crippen LogP contribution in [0.4, 0.5) is 19.0 Å². The summed E-state index contributed by atoms with van der Waals surface area (Å²) in [5.74, 6) is 0.160. The Hall–Kier alpha value is -1.56. The van der Waals surface area contributed by atoms with Gasteiger partial charge in [-0.25, -0.2) is 0 Å². The van der Waals surface area contributed by atoms with Crippen LogP contribution < -0.4 is 4.90 Å². The van der Waals surface area contributed by atoms with E-state index in [0.29, 0.717) is 10.8 Å². The quantitative estimate of drug-likeness (QED) is 0.842. The molecule has 1 aromatic heterocycles. The summed E-state index contributed by atoms with van der Waals surface area (Å²) in [5.41, 5.74) is 0. The van der Waals surface area contributed by atoms with Gasteiger partial charge in [-0.05, 0) is 0 Å². The molecule has 0 spiro atoms. The molecule has 0 saturated carbocycles. The standard InChI is InChI=1S/C11H9ClF3N3/c1-18(6-11(13,14)15)10-8-5-3-2-4-7(8)9(12)16-17-10/h2-5H,6H2,1H3. The normalized spacial score (nSPS) is 11.8. The van der Waals surface area contributed by atoms with E-state index in [-0.39, 0.29) is 11.0 Å². The minimum atomic E-state index is -4.29. The third kappa shape index (κ3) is 2.64. The lowest BCUT2D eigenvalue weighted by Crippen LogP contribution is -2.31. The Balaban J connectivity index is 2.49. The Morgan fingerprint density at radius 3 is 2.39 bits per heavy atom. The lowest BCUT2D eigenvalue weighted by Gasteiger charge is -2.20. The minimum Gasteiger partial charge on any atom is -0.349 e. The SMILES string of the molecule is CN(CC(F)(F)F)c1nnc(Cl)c2ccccc12. The third-order valence-electron chi connectivity index (χ3n) is 2.40. The van der Waals surface area contributed by atoms with E-state index in [9.17, 15) is 13.2 Å². The first-order valence-electron chi connectivity index (χ1n) is 5.07. The molecule has 2 rings (SSSR count). The summed E-state index contributed by atoms with van der Waals surface area (Å²) in [4.78, 5) is 1.01. The predicted octanol–water partition coefficient (Wildman–Crippen LogP) is 3.28. The van der Waals surface area contributed by atoms with Crippen molar-refractivity contribution in [3.05, 3.63) is 29.4 Å². The van der Waals surface area contributed by atoms with Gasteiger partial charge < -0.3 is 4.90 Å². The van der Waals surface area contributed by atoms with Crippen LogP contribution in [0.1, 0.15) is 0 Å². The van der Waals surface area contributed by atoms with Crippen LogP contribution in [-0.4, -0.2) is 30.0 Å². The number of rotatable bonds is 2. The van der Waals surface area contributed by atoms with Crippen molar-refractivity contribution in [1.29, 1.82) is 0 Å². The van der Waals surface area contributed by atoms with Crippen molar-refractivity contribution in [3.63, 3.8) is 0 Å². The van der Waals surface area contributed by atoms with Crippen LogP contribution in [0.3, 0.4) is 0 Å². The molecule has 0 radical (unpaired) electrons. The van der Waals surface area contributed by atoms with Crippen LogP contribution >= 0.6 is 11.6 Å². The molecule has 18 heavy (non-hydrogen) atoms. The maximum Gasteiger partial charge on any atom is 0.405 e. The van der Waals surface area contributed by atoms with E-state index in [1.807, 2.05) is 0 Å². The zero-order valence-corrected chi connectivity index (χ0v) is 10.1. The Bertz CT molecular complexity index is 571. The highest BCUT2D eigenvalue weighted by Crippen LogP contribution is 2.29. The zero-order valence-electron chi connectivity index (χ0n) is 9.37. The fraction of sp³-hybridized carbons (Fsp3) is 0.273. The second-order valence-electron chi connectivity index (χ2n) is 3.83. The fourth-order valence-corrected chi connectivity index (χ4v) is 1.89. The Morgan fingerprint density at radius 2 is 1.78 bits per heavy atom. The molecule has 1 heterocycles. The number of anilines is 1. The van der Waals surface area contributed by atoms with E-state index >= 15 is 0 Å². The van der Waals surface area contributed by atoms with E-state index in [1.165, 1.54) is 7.05 Å². The maximum absolute atomic E-state index is 12.4. The molecule has 1 aromatic carbocycles. The van der Waals surface area contributed by atoms with Crippen molar-refractivity contribution < 1.29 is 13.2 Å². The van der Waals surface area contributed by atoms with Crippen LogP contribution in [0, 0.1) is 0 Å². The van der Waals surface area contributed by atoms with Gasteiger partial charge in [0.05, 0.1) is 0 Å². The lowest BCUT2D eigenvalue weighted by molar-refractivity contribution is -0.119. The molecular formula is C11H9ClF3N3. The number of halogens is 4. The van der Waals surface area contributed by atoms with Gasteiger partial charge in [-0.15, -0.1) is 10.2 Å². The number of fused-ring (bicyclic) bond motifs is 1. The molecule has 96 valence electrons. The molecule has 0 bridgehead atoms. The van der Waals surface area contributed by atoms with Gasteiger partial charge in [0.15, 0.2) is 11.0 Å². The highest BCUT2D eigenvalue weighted by atomic mass is 35.5. The Kier molecular flexibility index (Phi) is 3.30. The molecule has 7 heteroatoms. The molecular weight excluding hydrogens is 267 g/mol. The van der Waals surface area contributed by atoms with Crippen molar-refractivity contribution in [2.45, 2.75) is 6.18 Å². The number of alkyl halides is 3. The van der Waals surface area contributed by atoms with Crippen molar-refractivity contribution in [1.82, 2.24) is 10.2 Å². The summed E-state index contributed by atoms with van der Waals surface area (Å²) in [6.07, 6.45) is -4.29. The molecule has 0 saturated heterocycles. The molecule has 0 amide bonds. The molecule has 2 aromatic rings. The van der Waals surface area contributed by atoms with E-state index < -0.39 is 12.7 Å². The largest absolute Gasteiger partial charge is 0.405 e. The van der Waals surface area contributed by atoms with E-state index in [2.05, 4.69) is 10.2 Å². The van der Waals surface area contributed by atoms with Gasteiger partial charge in [-0.1, -0.05) is 35.9 Å². The van der Waals surface area contributed by atoms with Crippen LogP contribution in [-0.2, 0) is 0 Å². The van der Waals surface area contributed by atoms with Crippen LogP contribution in [0.5, 0.6) is 0 Å². The molecule has 0 unspecified atom stereocenters. The number of benzene rings is 1. The highest BCUT2D eigenvalue weighted by molar-refractivity contribution is 6.34. The number of nitrogens with zero attached hydrogens (tertiary/aromatic N) is 3. The molecule has 0 atom stereocenters. The minimum absolute atomic E-state index is 0.160.